The molecule has 6 heteroatoms. The second-order valence-corrected chi connectivity index (χ2v) is 5.66. The number of amides is 1. The largest absolute Gasteiger partial charge is 0.469 e. The zero-order chi connectivity index (χ0) is 14.3. The van der Waals surface area contributed by atoms with Gasteiger partial charge in [-0.05, 0) is 12.1 Å². The first-order valence-electron chi connectivity index (χ1n) is 5.97. The molecule has 1 heterocycles. The molecule has 1 amide bonds. The number of esters is 1. The molecule has 1 aromatic heterocycles. The standard InChI is InChI=1S/C13H19NO4S/c1-10(7-13(16)17-3)19-9-12(15)14(2)8-11-5-4-6-18-11/h4-6,10H,7-9H2,1-3H3. The second-order valence-electron chi connectivity index (χ2n) is 4.23. The zero-order valence-electron chi connectivity index (χ0n) is 11.4. The summed E-state index contributed by atoms with van der Waals surface area (Å²) in [6, 6.07) is 3.62. The minimum absolute atomic E-state index is 0.0121. The molecule has 0 N–H and O–H groups in total. The van der Waals surface area contributed by atoms with Gasteiger partial charge < -0.3 is 14.1 Å². The molecule has 0 aliphatic heterocycles. The molecule has 0 aliphatic rings. The Hall–Kier alpha value is -1.43. The van der Waals surface area contributed by atoms with Crippen LogP contribution >= 0.6 is 11.8 Å². The van der Waals surface area contributed by atoms with Crippen LogP contribution in [0.2, 0.25) is 0 Å². The molecule has 0 radical (unpaired) electrons. The Morgan fingerprint density at radius 1 is 1.53 bits per heavy atom. The molecule has 1 atom stereocenters. The van der Waals surface area contributed by atoms with E-state index in [-0.39, 0.29) is 17.1 Å². The third-order valence-electron chi connectivity index (χ3n) is 2.57. The van der Waals surface area contributed by atoms with Crippen LogP contribution in [0.5, 0.6) is 0 Å². The van der Waals surface area contributed by atoms with Gasteiger partial charge >= 0.3 is 5.97 Å². The van der Waals surface area contributed by atoms with Gasteiger partial charge in [-0.15, -0.1) is 11.8 Å². The number of hydrogen-bond acceptors (Lipinski definition) is 5. The average molecular weight is 285 g/mol. The summed E-state index contributed by atoms with van der Waals surface area (Å²) >= 11 is 1.45. The van der Waals surface area contributed by atoms with Gasteiger partial charge in [0, 0.05) is 12.3 Å². The summed E-state index contributed by atoms with van der Waals surface area (Å²) < 4.78 is 9.77. The normalized spacial score (nSPS) is 11.9. The predicted octanol–water partition coefficient (Wildman–Crippen LogP) is 1.92. The molecule has 0 aromatic carbocycles. The van der Waals surface area contributed by atoms with Crippen LogP contribution in [0.25, 0.3) is 0 Å². The van der Waals surface area contributed by atoms with Crippen LogP contribution in [0.4, 0.5) is 0 Å². The smallest absolute Gasteiger partial charge is 0.306 e. The number of furan rings is 1. The van der Waals surface area contributed by atoms with E-state index in [0.717, 1.165) is 5.76 Å². The van der Waals surface area contributed by atoms with Crippen molar-refractivity contribution in [3.63, 3.8) is 0 Å². The molecule has 0 saturated heterocycles. The van der Waals surface area contributed by atoms with Crippen LogP contribution in [0, 0.1) is 0 Å². The summed E-state index contributed by atoms with van der Waals surface area (Å²) in [5, 5.41) is 0.0633. The van der Waals surface area contributed by atoms with Crippen LogP contribution in [0.3, 0.4) is 0 Å². The first-order valence-corrected chi connectivity index (χ1v) is 7.02. The monoisotopic (exact) mass is 285 g/mol. The van der Waals surface area contributed by atoms with Crippen molar-refractivity contribution in [2.24, 2.45) is 0 Å². The van der Waals surface area contributed by atoms with Gasteiger partial charge in [0.1, 0.15) is 5.76 Å². The highest BCUT2D eigenvalue weighted by Gasteiger charge is 2.15. The minimum atomic E-state index is -0.253. The van der Waals surface area contributed by atoms with Gasteiger partial charge in [-0.2, -0.15) is 0 Å². The number of carbonyl (C=O) groups excluding carboxylic acids is 2. The van der Waals surface area contributed by atoms with Gasteiger partial charge in [-0.25, -0.2) is 0 Å². The molecule has 1 unspecified atom stereocenters. The third-order valence-corrected chi connectivity index (χ3v) is 3.72. The quantitative estimate of drug-likeness (QED) is 0.716. The van der Waals surface area contributed by atoms with E-state index in [0.29, 0.717) is 18.7 Å². The van der Waals surface area contributed by atoms with Crippen molar-refractivity contribution < 1.29 is 18.7 Å². The SMILES string of the molecule is COC(=O)CC(C)SCC(=O)N(C)Cc1ccco1. The van der Waals surface area contributed by atoms with Crippen molar-refractivity contribution in [1.29, 1.82) is 0 Å². The number of thioether (sulfide) groups is 1. The lowest BCUT2D eigenvalue weighted by Gasteiger charge is -2.16. The van der Waals surface area contributed by atoms with Crippen molar-refractivity contribution >= 4 is 23.6 Å². The molecule has 0 aliphatic carbocycles. The predicted molar refractivity (Wildman–Crippen MR) is 73.7 cm³/mol. The fourth-order valence-electron chi connectivity index (χ4n) is 1.43. The third kappa shape index (κ3) is 5.83. The van der Waals surface area contributed by atoms with Crippen LogP contribution in [-0.2, 0) is 20.9 Å². The molecule has 19 heavy (non-hydrogen) atoms. The first kappa shape index (κ1) is 15.6. The highest BCUT2D eigenvalue weighted by atomic mass is 32.2. The molecule has 0 saturated carbocycles. The van der Waals surface area contributed by atoms with Crippen molar-refractivity contribution in [3.05, 3.63) is 24.2 Å². The lowest BCUT2D eigenvalue weighted by Crippen LogP contribution is -2.28. The molecule has 106 valence electrons. The van der Waals surface area contributed by atoms with E-state index >= 15 is 0 Å². The van der Waals surface area contributed by atoms with E-state index in [1.54, 1.807) is 24.3 Å². The van der Waals surface area contributed by atoms with Gasteiger partial charge in [0.2, 0.25) is 5.91 Å². The Kier molecular flexibility index (Phi) is 6.49. The van der Waals surface area contributed by atoms with Gasteiger partial charge in [-0.1, -0.05) is 6.92 Å². The number of rotatable bonds is 7. The Bertz CT molecular complexity index is 405. The molecule has 0 bridgehead atoms. The summed E-state index contributed by atoms with van der Waals surface area (Å²) in [5.41, 5.74) is 0. The Morgan fingerprint density at radius 3 is 2.84 bits per heavy atom. The zero-order valence-corrected chi connectivity index (χ0v) is 12.2. The second kappa shape index (κ2) is 7.89. The number of ether oxygens (including phenoxy) is 1. The van der Waals surface area contributed by atoms with Crippen molar-refractivity contribution in [1.82, 2.24) is 4.90 Å². The Morgan fingerprint density at radius 2 is 2.26 bits per heavy atom. The number of carbonyl (C=O) groups is 2. The van der Waals surface area contributed by atoms with Crippen LogP contribution in [0.1, 0.15) is 19.1 Å². The molecule has 5 nitrogen and oxygen atoms in total. The summed E-state index contributed by atoms with van der Waals surface area (Å²) in [7, 11) is 3.10. The van der Waals surface area contributed by atoms with E-state index < -0.39 is 0 Å². The fraction of sp³-hybridized carbons (Fsp3) is 0.538. The summed E-state index contributed by atoms with van der Waals surface area (Å²) in [6.45, 7) is 2.36. The number of methoxy groups -OCH3 is 1. The Labute approximate surface area is 117 Å². The lowest BCUT2D eigenvalue weighted by atomic mass is 10.3. The summed E-state index contributed by atoms with van der Waals surface area (Å²) in [4.78, 5) is 24.6. The molecule has 1 aromatic rings. The van der Waals surface area contributed by atoms with Crippen molar-refractivity contribution in [3.8, 4) is 0 Å². The highest BCUT2D eigenvalue weighted by Crippen LogP contribution is 2.15. The van der Waals surface area contributed by atoms with E-state index in [1.165, 1.54) is 18.9 Å². The number of hydrogen-bond donors (Lipinski definition) is 0. The van der Waals surface area contributed by atoms with Gasteiger partial charge in [0.05, 0.1) is 32.1 Å². The first-order chi connectivity index (χ1) is 9.02. The molecular formula is C13H19NO4S. The number of nitrogens with zero attached hydrogens (tertiary/aromatic N) is 1. The maximum atomic E-state index is 11.9. The van der Waals surface area contributed by atoms with Gasteiger partial charge in [-0.3, -0.25) is 9.59 Å². The van der Waals surface area contributed by atoms with Crippen LogP contribution in [0.15, 0.2) is 22.8 Å². The van der Waals surface area contributed by atoms with Crippen LogP contribution in [-0.4, -0.2) is 41.9 Å². The lowest BCUT2D eigenvalue weighted by molar-refractivity contribution is -0.140. The van der Waals surface area contributed by atoms with Crippen molar-refractivity contribution in [2.45, 2.75) is 25.1 Å². The van der Waals surface area contributed by atoms with Crippen LogP contribution < -0.4 is 0 Å². The minimum Gasteiger partial charge on any atom is -0.469 e. The summed E-state index contributed by atoms with van der Waals surface area (Å²) in [6.07, 6.45) is 1.90. The summed E-state index contributed by atoms with van der Waals surface area (Å²) in [5.74, 6) is 0.855. The molecule has 0 spiro atoms. The average Bonchev–Trinajstić information content (AvgIpc) is 2.88. The maximum absolute atomic E-state index is 11.9. The molecule has 1 rings (SSSR count). The molecular weight excluding hydrogens is 266 g/mol. The van der Waals surface area contributed by atoms with E-state index in [2.05, 4.69) is 4.74 Å². The Balaban J connectivity index is 2.28. The topological polar surface area (TPSA) is 59.8 Å². The fourth-order valence-corrected chi connectivity index (χ4v) is 2.33. The maximum Gasteiger partial charge on any atom is 0.306 e. The molecule has 0 fully saturated rings. The van der Waals surface area contributed by atoms with E-state index in [4.69, 9.17) is 4.42 Å². The van der Waals surface area contributed by atoms with Gasteiger partial charge in [0.15, 0.2) is 0 Å². The highest BCUT2D eigenvalue weighted by molar-refractivity contribution is 8.00. The van der Waals surface area contributed by atoms with E-state index in [9.17, 15) is 9.59 Å². The van der Waals surface area contributed by atoms with Gasteiger partial charge in [0.25, 0.3) is 0 Å². The van der Waals surface area contributed by atoms with E-state index in [1.807, 2.05) is 13.0 Å². The van der Waals surface area contributed by atoms with Crippen molar-refractivity contribution in [2.75, 3.05) is 19.9 Å².